The van der Waals surface area contributed by atoms with Gasteiger partial charge in [0, 0.05) is 18.7 Å². The topological polar surface area (TPSA) is 95.9 Å². The SMILES string of the molecule is CCS(=O)(=O)c1ccc([C@H](CO)NC(=O)c2ccc(N3CC[C@H](Oc4ccc(C(F)(F)F)cc4)C3)cc2F)cc1. The Bertz CT molecular complexity index is 1450. The van der Waals surface area contributed by atoms with Crippen LogP contribution in [0.3, 0.4) is 0 Å². The Morgan fingerprint density at radius 1 is 1.10 bits per heavy atom. The predicted octanol–water partition coefficient (Wildman–Crippen LogP) is 4.76. The zero-order valence-corrected chi connectivity index (χ0v) is 22.3. The van der Waals surface area contributed by atoms with Crippen molar-refractivity contribution < 1.29 is 40.6 Å². The van der Waals surface area contributed by atoms with Crippen molar-refractivity contribution in [2.75, 3.05) is 30.3 Å². The molecular formula is C28H28F4N2O5S. The first-order chi connectivity index (χ1) is 18.9. The van der Waals surface area contributed by atoms with E-state index in [4.69, 9.17) is 4.74 Å². The minimum Gasteiger partial charge on any atom is -0.489 e. The average Bonchev–Trinajstić information content (AvgIpc) is 3.40. The number of hydrogen-bond donors (Lipinski definition) is 2. The van der Waals surface area contributed by atoms with E-state index in [0.717, 1.165) is 12.1 Å². The summed E-state index contributed by atoms with van der Waals surface area (Å²) in [6.07, 6.45) is -4.17. The van der Waals surface area contributed by atoms with Crippen molar-refractivity contribution in [1.29, 1.82) is 0 Å². The molecule has 12 heteroatoms. The molecule has 214 valence electrons. The summed E-state index contributed by atoms with van der Waals surface area (Å²) < 4.78 is 83.1. The monoisotopic (exact) mass is 580 g/mol. The normalized spacial score (nSPS) is 16.6. The van der Waals surface area contributed by atoms with Crippen LogP contribution in [-0.4, -0.2) is 51.0 Å². The molecule has 4 rings (SSSR count). The van der Waals surface area contributed by atoms with Gasteiger partial charge in [0.2, 0.25) is 0 Å². The second kappa shape index (κ2) is 11.8. The largest absolute Gasteiger partial charge is 0.489 e. The highest BCUT2D eigenvalue weighted by Crippen LogP contribution is 2.31. The number of ether oxygens (including phenoxy) is 1. The van der Waals surface area contributed by atoms with E-state index in [1.165, 1.54) is 55.5 Å². The molecule has 7 nitrogen and oxygen atoms in total. The van der Waals surface area contributed by atoms with E-state index in [9.17, 15) is 35.9 Å². The van der Waals surface area contributed by atoms with Crippen LogP contribution in [0, 0.1) is 5.82 Å². The van der Waals surface area contributed by atoms with E-state index in [2.05, 4.69) is 5.32 Å². The zero-order valence-electron chi connectivity index (χ0n) is 21.5. The van der Waals surface area contributed by atoms with Gasteiger partial charge < -0.3 is 20.1 Å². The summed E-state index contributed by atoms with van der Waals surface area (Å²) in [5.74, 6) is -1.29. The second-order valence-electron chi connectivity index (χ2n) is 9.34. The molecule has 3 aromatic carbocycles. The third-order valence-electron chi connectivity index (χ3n) is 6.70. The number of sulfone groups is 1. The van der Waals surface area contributed by atoms with Crippen molar-refractivity contribution in [2.45, 2.75) is 36.6 Å². The number of aliphatic hydroxyl groups excluding tert-OH is 1. The Balaban J connectivity index is 1.38. The minimum atomic E-state index is -4.43. The van der Waals surface area contributed by atoms with Gasteiger partial charge in [-0.2, -0.15) is 13.2 Å². The molecule has 0 spiro atoms. The van der Waals surface area contributed by atoms with Crippen LogP contribution < -0.4 is 15.0 Å². The van der Waals surface area contributed by atoms with Gasteiger partial charge >= 0.3 is 6.18 Å². The number of nitrogens with one attached hydrogen (secondary N) is 1. The smallest absolute Gasteiger partial charge is 0.416 e. The molecule has 40 heavy (non-hydrogen) atoms. The lowest BCUT2D eigenvalue weighted by molar-refractivity contribution is -0.137. The molecule has 3 aromatic rings. The number of amides is 1. The fraction of sp³-hybridized carbons (Fsp3) is 0.321. The Kier molecular flexibility index (Phi) is 8.69. The van der Waals surface area contributed by atoms with Gasteiger partial charge in [0.05, 0.1) is 41.0 Å². The van der Waals surface area contributed by atoms with Gasteiger partial charge in [-0.1, -0.05) is 19.1 Å². The summed E-state index contributed by atoms with van der Waals surface area (Å²) in [7, 11) is -3.40. The van der Waals surface area contributed by atoms with Gasteiger partial charge in [0.25, 0.3) is 5.91 Å². The van der Waals surface area contributed by atoms with Crippen LogP contribution in [0.15, 0.2) is 71.6 Å². The summed E-state index contributed by atoms with van der Waals surface area (Å²) in [4.78, 5) is 14.8. The molecule has 1 saturated heterocycles. The van der Waals surface area contributed by atoms with E-state index in [0.29, 0.717) is 36.5 Å². The molecule has 0 unspecified atom stereocenters. The first-order valence-corrected chi connectivity index (χ1v) is 14.2. The summed E-state index contributed by atoms with van der Waals surface area (Å²) in [5, 5.41) is 12.4. The molecule has 2 atom stereocenters. The third-order valence-corrected chi connectivity index (χ3v) is 8.45. The molecule has 0 saturated carbocycles. The van der Waals surface area contributed by atoms with E-state index in [1.807, 2.05) is 4.90 Å². The molecule has 1 aliphatic rings. The van der Waals surface area contributed by atoms with Gasteiger partial charge in [-0.3, -0.25) is 4.79 Å². The molecule has 1 fully saturated rings. The molecule has 1 heterocycles. The van der Waals surface area contributed by atoms with Crippen molar-refractivity contribution in [3.8, 4) is 5.75 Å². The first kappa shape index (κ1) is 29.3. The fourth-order valence-electron chi connectivity index (χ4n) is 4.40. The second-order valence-corrected chi connectivity index (χ2v) is 11.6. The van der Waals surface area contributed by atoms with Gasteiger partial charge in [0.15, 0.2) is 9.84 Å². The standard InChI is InChI=1S/C28H28F4N2O5S/c1-2-40(37,38)23-10-3-18(4-11-23)26(17-35)33-27(36)24-12-7-20(15-25(24)29)34-14-13-22(16-34)39-21-8-5-19(6-9-21)28(30,31)32/h3-12,15,22,26,35H,2,13-14,16-17H2,1H3,(H,33,36)/t22-,26-/m0/s1. The van der Waals surface area contributed by atoms with E-state index in [-0.39, 0.29) is 22.3 Å². The third kappa shape index (κ3) is 6.73. The van der Waals surface area contributed by atoms with Gasteiger partial charge in [0.1, 0.15) is 17.7 Å². The Hall–Kier alpha value is -3.64. The van der Waals surface area contributed by atoms with Crippen LogP contribution in [0.4, 0.5) is 23.2 Å². The quantitative estimate of drug-likeness (QED) is 0.355. The zero-order chi connectivity index (χ0) is 29.1. The maximum atomic E-state index is 15.0. The molecule has 0 aromatic heterocycles. The predicted molar refractivity (Wildman–Crippen MR) is 141 cm³/mol. The number of carbonyl (C=O) groups excluding carboxylic acids is 1. The van der Waals surface area contributed by atoms with Crippen LogP contribution in [0.5, 0.6) is 5.75 Å². The molecule has 0 aliphatic carbocycles. The summed E-state index contributed by atoms with van der Waals surface area (Å²) >= 11 is 0. The van der Waals surface area contributed by atoms with Crippen LogP contribution >= 0.6 is 0 Å². The van der Waals surface area contributed by atoms with E-state index < -0.39 is 46.0 Å². The number of halogens is 4. The van der Waals surface area contributed by atoms with Crippen molar-refractivity contribution in [3.05, 3.63) is 89.2 Å². The highest BCUT2D eigenvalue weighted by atomic mass is 32.2. The molecule has 1 aliphatic heterocycles. The first-order valence-electron chi connectivity index (χ1n) is 12.5. The number of hydrogen-bond acceptors (Lipinski definition) is 6. The van der Waals surface area contributed by atoms with Crippen molar-refractivity contribution in [2.24, 2.45) is 0 Å². The average molecular weight is 581 g/mol. The number of carbonyl (C=O) groups is 1. The summed E-state index contributed by atoms with van der Waals surface area (Å²) in [5.41, 5.74) is -0.0274. The molecule has 2 N–H and O–H groups in total. The van der Waals surface area contributed by atoms with Crippen molar-refractivity contribution in [1.82, 2.24) is 5.32 Å². The molecule has 0 radical (unpaired) electrons. The lowest BCUT2D eigenvalue weighted by Gasteiger charge is -2.21. The van der Waals surface area contributed by atoms with Crippen LogP contribution in [-0.2, 0) is 16.0 Å². The van der Waals surface area contributed by atoms with Crippen LogP contribution in [0.2, 0.25) is 0 Å². The highest BCUT2D eigenvalue weighted by molar-refractivity contribution is 7.91. The highest BCUT2D eigenvalue weighted by Gasteiger charge is 2.31. The maximum Gasteiger partial charge on any atom is 0.416 e. The number of nitrogens with zero attached hydrogens (tertiary/aromatic N) is 1. The Labute approximate surface area is 229 Å². The van der Waals surface area contributed by atoms with Gasteiger partial charge in [-0.05, 0) is 60.2 Å². The number of rotatable bonds is 9. The van der Waals surface area contributed by atoms with Crippen molar-refractivity contribution >= 4 is 21.4 Å². The lowest BCUT2D eigenvalue weighted by atomic mass is 10.1. The fourth-order valence-corrected chi connectivity index (χ4v) is 5.29. The summed E-state index contributed by atoms with van der Waals surface area (Å²) in [6.45, 7) is 1.94. The molecule has 0 bridgehead atoms. The van der Waals surface area contributed by atoms with E-state index in [1.54, 1.807) is 6.07 Å². The van der Waals surface area contributed by atoms with E-state index >= 15 is 0 Å². The Morgan fingerprint density at radius 3 is 2.35 bits per heavy atom. The Morgan fingerprint density at radius 2 is 1.77 bits per heavy atom. The maximum absolute atomic E-state index is 15.0. The van der Waals surface area contributed by atoms with Gasteiger partial charge in [-0.15, -0.1) is 0 Å². The van der Waals surface area contributed by atoms with Crippen LogP contribution in [0.25, 0.3) is 0 Å². The number of aliphatic hydroxyl groups is 1. The van der Waals surface area contributed by atoms with Crippen LogP contribution in [0.1, 0.15) is 40.9 Å². The molecule has 1 amide bonds. The summed E-state index contributed by atoms with van der Waals surface area (Å²) in [6, 6.07) is 13.4. The van der Waals surface area contributed by atoms with Crippen molar-refractivity contribution in [3.63, 3.8) is 0 Å². The number of alkyl halides is 3. The van der Waals surface area contributed by atoms with Gasteiger partial charge in [-0.25, -0.2) is 12.8 Å². The number of benzene rings is 3. The minimum absolute atomic E-state index is 0.0634. The molecular weight excluding hydrogens is 552 g/mol. The lowest BCUT2D eigenvalue weighted by Crippen LogP contribution is -2.31. The number of anilines is 1.